The largest absolute Gasteiger partial charge is 0.458 e. The number of amides is 1. The first-order chi connectivity index (χ1) is 10.6. The van der Waals surface area contributed by atoms with Gasteiger partial charge in [0, 0.05) is 5.56 Å². The van der Waals surface area contributed by atoms with Crippen molar-refractivity contribution in [2.75, 3.05) is 11.9 Å². The van der Waals surface area contributed by atoms with Crippen LogP contribution in [-0.2, 0) is 4.74 Å². The quantitative estimate of drug-likeness (QED) is 0.676. The summed E-state index contributed by atoms with van der Waals surface area (Å²) in [6.45, 7) is 5.61. The Bertz CT molecular complexity index is 692. The van der Waals surface area contributed by atoms with E-state index in [1.165, 1.54) is 0 Å². The van der Waals surface area contributed by atoms with Gasteiger partial charge in [0.1, 0.15) is 6.61 Å². The summed E-state index contributed by atoms with van der Waals surface area (Å²) in [7, 11) is 0. The molecule has 2 rings (SSSR count). The third-order valence-corrected chi connectivity index (χ3v) is 2.88. The van der Waals surface area contributed by atoms with Crippen molar-refractivity contribution in [2.45, 2.75) is 6.92 Å². The van der Waals surface area contributed by atoms with Gasteiger partial charge in [-0.2, -0.15) is 0 Å². The summed E-state index contributed by atoms with van der Waals surface area (Å²) >= 11 is 0. The molecule has 1 amide bonds. The van der Waals surface area contributed by atoms with Gasteiger partial charge in [0.2, 0.25) is 0 Å². The van der Waals surface area contributed by atoms with Crippen LogP contribution in [0.25, 0.3) is 0 Å². The number of carbonyl (C=O) groups excluding carboxylic acids is 2. The Balaban J connectivity index is 2.16. The number of para-hydroxylation sites is 1. The Morgan fingerprint density at radius 3 is 2.36 bits per heavy atom. The minimum Gasteiger partial charge on any atom is -0.458 e. The molecule has 2 aromatic rings. The highest BCUT2D eigenvalue weighted by molar-refractivity contribution is 6.07. The number of hydrogen-bond donors (Lipinski definition) is 1. The number of nitrogens with one attached hydrogen (secondary N) is 1. The number of rotatable bonds is 5. The zero-order valence-corrected chi connectivity index (χ0v) is 12.3. The molecule has 22 heavy (non-hydrogen) atoms. The second-order valence-electron chi connectivity index (χ2n) is 4.90. The number of ether oxygens (including phenoxy) is 1. The molecular formula is C18H17NO3. The molecule has 0 heterocycles. The monoisotopic (exact) mass is 295 g/mol. The van der Waals surface area contributed by atoms with Crippen LogP contribution in [0.3, 0.4) is 0 Å². The van der Waals surface area contributed by atoms with Crippen molar-refractivity contribution < 1.29 is 14.3 Å². The zero-order valence-electron chi connectivity index (χ0n) is 12.3. The van der Waals surface area contributed by atoms with Crippen molar-refractivity contribution in [3.63, 3.8) is 0 Å². The van der Waals surface area contributed by atoms with Gasteiger partial charge >= 0.3 is 5.97 Å². The summed E-state index contributed by atoms with van der Waals surface area (Å²) in [6.07, 6.45) is 0. The van der Waals surface area contributed by atoms with Crippen LogP contribution in [0.1, 0.15) is 27.6 Å². The lowest BCUT2D eigenvalue weighted by molar-refractivity contribution is 0.0541. The van der Waals surface area contributed by atoms with E-state index in [9.17, 15) is 9.59 Å². The average molecular weight is 295 g/mol. The van der Waals surface area contributed by atoms with E-state index >= 15 is 0 Å². The van der Waals surface area contributed by atoms with Crippen LogP contribution in [0.2, 0.25) is 0 Å². The predicted octanol–water partition coefficient (Wildman–Crippen LogP) is 3.67. The molecule has 0 aromatic heterocycles. The molecule has 0 saturated carbocycles. The van der Waals surface area contributed by atoms with E-state index in [1.54, 1.807) is 55.5 Å². The highest BCUT2D eigenvalue weighted by atomic mass is 16.5. The SMILES string of the molecule is C=C(C)COC(=O)c1ccccc1NC(=O)c1ccccc1. The number of esters is 1. The maximum Gasteiger partial charge on any atom is 0.340 e. The third kappa shape index (κ3) is 4.06. The summed E-state index contributed by atoms with van der Waals surface area (Å²) < 4.78 is 5.13. The van der Waals surface area contributed by atoms with Crippen molar-refractivity contribution in [3.8, 4) is 0 Å². The van der Waals surface area contributed by atoms with Gasteiger partial charge in [0.25, 0.3) is 5.91 Å². The number of anilines is 1. The predicted molar refractivity (Wildman–Crippen MR) is 85.9 cm³/mol. The highest BCUT2D eigenvalue weighted by Crippen LogP contribution is 2.17. The van der Waals surface area contributed by atoms with Crippen LogP contribution in [0.15, 0.2) is 66.7 Å². The molecule has 0 bridgehead atoms. The van der Waals surface area contributed by atoms with Crippen LogP contribution in [0, 0.1) is 0 Å². The van der Waals surface area contributed by atoms with Crippen molar-refractivity contribution in [3.05, 3.63) is 77.9 Å². The molecule has 2 aromatic carbocycles. The summed E-state index contributed by atoms with van der Waals surface area (Å²) in [5.41, 5.74) is 2.00. The molecule has 112 valence electrons. The molecule has 0 aliphatic heterocycles. The van der Waals surface area contributed by atoms with E-state index in [0.717, 1.165) is 5.57 Å². The van der Waals surface area contributed by atoms with Gasteiger partial charge in [-0.1, -0.05) is 36.9 Å². The van der Waals surface area contributed by atoms with Gasteiger partial charge in [0.15, 0.2) is 0 Å². The Morgan fingerprint density at radius 2 is 1.68 bits per heavy atom. The lowest BCUT2D eigenvalue weighted by Gasteiger charge is -2.11. The second-order valence-corrected chi connectivity index (χ2v) is 4.90. The van der Waals surface area contributed by atoms with Crippen LogP contribution < -0.4 is 5.32 Å². The van der Waals surface area contributed by atoms with Gasteiger partial charge in [-0.15, -0.1) is 0 Å². The fourth-order valence-electron chi connectivity index (χ4n) is 1.82. The zero-order chi connectivity index (χ0) is 15.9. The van der Waals surface area contributed by atoms with Crippen LogP contribution in [-0.4, -0.2) is 18.5 Å². The van der Waals surface area contributed by atoms with E-state index in [2.05, 4.69) is 11.9 Å². The molecule has 1 N–H and O–H groups in total. The fraction of sp³-hybridized carbons (Fsp3) is 0.111. The Morgan fingerprint density at radius 1 is 1.05 bits per heavy atom. The number of benzene rings is 2. The molecule has 4 heteroatoms. The highest BCUT2D eigenvalue weighted by Gasteiger charge is 2.15. The van der Waals surface area contributed by atoms with Gasteiger partial charge in [-0.3, -0.25) is 4.79 Å². The van der Waals surface area contributed by atoms with E-state index in [-0.39, 0.29) is 12.5 Å². The standard InChI is InChI=1S/C18H17NO3/c1-13(2)12-22-18(21)15-10-6-7-11-16(15)19-17(20)14-8-4-3-5-9-14/h3-11H,1,12H2,2H3,(H,19,20). The lowest BCUT2D eigenvalue weighted by atomic mass is 10.1. The Hall–Kier alpha value is -2.88. The lowest BCUT2D eigenvalue weighted by Crippen LogP contribution is -2.16. The summed E-state index contributed by atoms with van der Waals surface area (Å²) in [5, 5.41) is 2.73. The van der Waals surface area contributed by atoms with Crippen molar-refractivity contribution >= 4 is 17.6 Å². The molecule has 4 nitrogen and oxygen atoms in total. The average Bonchev–Trinajstić information content (AvgIpc) is 2.54. The first kappa shape index (κ1) is 15.5. The molecule has 0 aliphatic rings. The van der Waals surface area contributed by atoms with Crippen LogP contribution >= 0.6 is 0 Å². The Labute approximate surface area is 129 Å². The summed E-state index contributed by atoms with van der Waals surface area (Å²) in [4.78, 5) is 24.3. The third-order valence-electron chi connectivity index (χ3n) is 2.88. The van der Waals surface area contributed by atoms with Crippen LogP contribution in [0.4, 0.5) is 5.69 Å². The van der Waals surface area contributed by atoms with Gasteiger partial charge in [-0.25, -0.2) is 4.79 Å². The minimum absolute atomic E-state index is 0.153. The number of carbonyl (C=O) groups is 2. The molecule has 0 atom stereocenters. The maximum absolute atomic E-state index is 12.2. The smallest absolute Gasteiger partial charge is 0.340 e. The van der Waals surface area contributed by atoms with Crippen molar-refractivity contribution in [2.24, 2.45) is 0 Å². The summed E-state index contributed by atoms with van der Waals surface area (Å²) in [5.74, 6) is -0.771. The topological polar surface area (TPSA) is 55.4 Å². The maximum atomic E-state index is 12.2. The minimum atomic E-state index is -0.494. The van der Waals surface area contributed by atoms with E-state index < -0.39 is 5.97 Å². The van der Waals surface area contributed by atoms with Gasteiger partial charge in [0.05, 0.1) is 11.3 Å². The summed E-state index contributed by atoms with van der Waals surface area (Å²) in [6, 6.07) is 15.5. The Kier molecular flexibility index (Phi) is 5.09. The van der Waals surface area contributed by atoms with E-state index in [0.29, 0.717) is 16.8 Å². The first-order valence-corrected chi connectivity index (χ1v) is 6.85. The number of hydrogen-bond acceptors (Lipinski definition) is 3. The van der Waals surface area contributed by atoms with E-state index in [1.807, 2.05) is 6.07 Å². The molecule has 0 aliphatic carbocycles. The van der Waals surface area contributed by atoms with E-state index in [4.69, 9.17) is 4.74 Å². The first-order valence-electron chi connectivity index (χ1n) is 6.85. The van der Waals surface area contributed by atoms with Crippen LogP contribution in [0.5, 0.6) is 0 Å². The molecule has 0 fully saturated rings. The molecule has 0 spiro atoms. The van der Waals surface area contributed by atoms with Gasteiger partial charge < -0.3 is 10.1 Å². The molecule has 0 radical (unpaired) electrons. The molecule has 0 unspecified atom stereocenters. The van der Waals surface area contributed by atoms with Crippen molar-refractivity contribution in [1.29, 1.82) is 0 Å². The van der Waals surface area contributed by atoms with Gasteiger partial charge in [-0.05, 0) is 36.8 Å². The molecule has 0 saturated heterocycles. The van der Waals surface area contributed by atoms with Crippen molar-refractivity contribution in [1.82, 2.24) is 0 Å². The molecular weight excluding hydrogens is 278 g/mol. The second kappa shape index (κ2) is 7.22. The normalized spacial score (nSPS) is 9.86. The fourth-order valence-corrected chi connectivity index (χ4v) is 1.82.